The van der Waals surface area contributed by atoms with Crippen molar-refractivity contribution < 1.29 is 9.18 Å². The minimum Gasteiger partial charge on any atom is -0.349 e. The molecule has 1 amide bonds. The van der Waals surface area contributed by atoms with Gasteiger partial charge in [-0.25, -0.2) is 13.9 Å². The molecular weight excluding hydrogens is 333 g/mol. The number of terminal acetylenes is 1. The molecule has 0 bridgehead atoms. The molecule has 3 heterocycles. The van der Waals surface area contributed by atoms with Gasteiger partial charge in [0.15, 0.2) is 5.65 Å². The third kappa shape index (κ3) is 2.65. The van der Waals surface area contributed by atoms with Gasteiger partial charge in [-0.1, -0.05) is 12.0 Å². The monoisotopic (exact) mass is 349 g/mol. The molecule has 1 aliphatic rings. The van der Waals surface area contributed by atoms with Gasteiger partial charge in [-0.3, -0.25) is 4.79 Å². The van der Waals surface area contributed by atoms with Crippen molar-refractivity contribution in [3.8, 4) is 12.3 Å². The van der Waals surface area contributed by atoms with Crippen LogP contribution >= 0.6 is 0 Å². The van der Waals surface area contributed by atoms with Crippen molar-refractivity contribution >= 4 is 23.6 Å². The number of nitrogens with zero attached hydrogens (tertiary/aromatic N) is 4. The number of hydrogen-bond acceptors (Lipinski definition) is 4. The van der Waals surface area contributed by atoms with Crippen molar-refractivity contribution in [3.05, 3.63) is 53.6 Å². The first-order valence-corrected chi connectivity index (χ1v) is 8.28. The van der Waals surface area contributed by atoms with Crippen LogP contribution in [0.3, 0.4) is 0 Å². The lowest BCUT2D eigenvalue weighted by atomic mass is 10.0. The van der Waals surface area contributed by atoms with Gasteiger partial charge in [-0.05, 0) is 31.0 Å². The Balaban J connectivity index is 1.72. The van der Waals surface area contributed by atoms with Gasteiger partial charge in [0.25, 0.3) is 0 Å². The van der Waals surface area contributed by atoms with Crippen molar-refractivity contribution in [2.45, 2.75) is 18.9 Å². The molecule has 1 aromatic carbocycles. The Morgan fingerprint density at radius 1 is 1.38 bits per heavy atom. The molecule has 1 fully saturated rings. The third-order valence-corrected chi connectivity index (χ3v) is 4.64. The fourth-order valence-corrected chi connectivity index (χ4v) is 3.44. The van der Waals surface area contributed by atoms with Crippen molar-refractivity contribution in [2.24, 2.45) is 0 Å². The number of nitrogens with one attached hydrogen (secondary N) is 1. The second-order valence-electron chi connectivity index (χ2n) is 6.11. The number of benzene rings is 1. The summed E-state index contributed by atoms with van der Waals surface area (Å²) < 4.78 is 16.1. The first-order chi connectivity index (χ1) is 12.7. The smallest absolute Gasteiger partial charge is 0.211 e. The first-order valence-electron chi connectivity index (χ1n) is 8.28. The number of hydrogen-bond donors (Lipinski definition) is 1. The molecule has 130 valence electrons. The van der Waals surface area contributed by atoms with E-state index in [4.69, 9.17) is 6.42 Å². The Bertz CT molecular complexity index is 1020. The minimum absolute atomic E-state index is 0.109. The fourth-order valence-electron chi connectivity index (χ4n) is 3.44. The second-order valence-corrected chi connectivity index (χ2v) is 6.11. The Hall–Kier alpha value is -3.40. The van der Waals surface area contributed by atoms with E-state index in [1.807, 2.05) is 6.07 Å². The fraction of sp³-hybridized carbons (Fsp3) is 0.211. The van der Waals surface area contributed by atoms with E-state index >= 15 is 0 Å². The molecule has 3 aromatic rings. The van der Waals surface area contributed by atoms with Crippen molar-refractivity contribution in [3.63, 3.8) is 0 Å². The predicted octanol–water partition coefficient (Wildman–Crippen LogP) is 2.76. The van der Waals surface area contributed by atoms with Crippen molar-refractivity contribution in [2.75, 3.05) is 16.8 Å². The van der Waals surface area contributed by atoms with Gasteiger partial charge in [0, 0.05) is 23.9 Å². The summed E-state index contributed by atoms with van der Waals surface area (Å²) in [5, 5.41) is 6.74. The normalized spacial score (nSPS) is 16.6. The van der Waals surface area contributed by atoms with Gasteiger partial charge >= 0.3 is 0 Å². The number of fused-ring (bicyclic) bond motifs is 1. The maximum Gasteiger partial charge on any atom is 0.211 e. The molecule has 0 unspecified atom stereocenters. The molecule has 6 nitrogen and oxygen atoms in total. The summed E-state index contributed by atoms with van der Waals surface area (Å²) >= 11 is 0. The molecule has 1 atom stereocenters. The zero-order chi connectivity index (χ0) is 18.1. The van der Waals surface area contributed by atoms with E-state index in [1.54, 1.807) is 29.0 Å². The topological polar surface area (TPSA) is 62.5 Å². The van der Waals surface area contributed by atoms with E-state index in [0.717, 1.165) is 25.2 Å². The van der Waals surface area contributed by atoms with Crippen LogP contribution in [0.25, 0.3) is 5.65 Å². The molecular formula is C19H16FN5O. The molecule has 2 aromatic heterocycles. The molecule has 0 saturated carbocycles. The van der Waals surface area contributed by atoms with E-state index in [9.17, 15) is 9.18 Å². The van der Waals surface area contributed by atoms with E-state index < -0.39 is 0 Å². The van der Waals surface area contributed by atoms with Crippen LogP contribution in [-0.2, 0) is 4.79 Å². The van der Waals surface area contributed by atoms with Gasteiger partial charge in [0.1, 0.15) is 17.3 Å². The number of carbonyl (C=O) groups excluding carboxylic acids is 1. The van der Waals surface area contributed by atoms with Gasteiger partial charge in [-0.15, -0.1) is 6.42 Å². The SMILES string of the molecule is C#Cc1ccc([C@H]2CCCN2c2ccn3ncc(NC=O)c3n2)c(F)c1. The van der Waals surface area contributed by atoms with Crippen LogP contribution in [0, 0.1) is 18.2 Å². The Kier molecular flexibility index (Phi) is 4.01. The van der Waals surface area contributed by atoms with E-state index in [-0.39, 0.29) is 11.9 Å². The summed E-state index contributed by atoms with van der Waals surface area (Å²) in [6.07, 6.45) is 11.0. The minimum atomic E-state index is -0.300. The van der Waals surface area contributed by atoms with Crippen molar-refractivity contribution in [1.29, 1.82) is 0 Å². The molecule has 7 heteroatoms. The lowest BCUT2D eigenvalue weighted by Crippen LogP contribution is -2.24. The van der Waals surface area contributed by atoms with E-state index in [1.165, 1.54) is 6.07 Å². The standard InChI is InChI=1S/C19H16FN5O/c1-2-13-5-6-14(15(20)10-13)17-4-3-8-24(17)18-7-9-25-19(23-18)16(11-22-25)21-12-26/h1,5-7,9-12,17H,3-4,8H2,(H,21,26)/t17-/m1/s1. The predicted molar refractivity (Wildman–Crippen MR) is 96.3 cm³/mol. The Morgan fingerprint density at radius 3 is 3.04 bits per heavy atom. The summed E-state index contributed by atoms with van der Waals surface area (Å²) in [6, 6.07) is 6.64. The van der Waals surface area contributed by atoms with E-state index in [0.29, 0.717) is 28.9 Å². The quantitative estimate of drug-likeness (QED) is 0.581. The molecule has 26 heavy (non-hydrogen) atoms. The molecule has 1 N–H and O–H groups in total. The van der Waals surface area contributed by atoms with Gasteiger partial charge in [-0.2, -0.15) is 5.10 Å². The number of aromatic nitrogens is 3. The second kappa shape index (κ2) is 6.48. The zero-order valence-corrected chi connectivity index (χ0v) is 13.9. The molecule has 1 aliphatic heterocycles. The number of rotatable bonds is 4. The van der Waals surface area contributed by atoms with Crippen LogP contribution in [0.4, 0.5) is 15.9 Å². The van der Waals surface area contributed by atoms with E-state index in [2.05, 4.69) is 26.2 Å². The number of carbonyl (C=O) groups is 1. The first kappa shape index (κ1) is 16.1. The maximum absolute atomic E-state index is 14.5. The van der Waals surface area contributed by atoms with Crippen LogP contribution < -0.4 is 10.2 Å². The van der Waals surface area contributed by atoms with Crippen LogP contribution in [0.1, 0.15) is 30.0 Å². The van der Waals surface area contributed by atoms with Crippen LogP contribution in [0.15, 0.2) is 36.7 Å². The lowest BCUT2D eigenvalue weighted by Gasteiger charge is -2.26. The highest BCUT2D eigenvalue weighted by Gasteiger charge is 2.29. The summed E-state index contributed by atoms with van der Waals surface area (Å²) in [7, 11) is 0. The summed E-state index contributed by atoms with van der Waals surface area (Å²) in [4.78, 5) is 17.4. The molecule has 1 saturated heterocycles. The average molecular weight is 349 g/mol. The van der Waals surface area contributed by atoms with Gasteiger partial charge in [0.05, 0.1) is 12.2 Å². The van der Waals surface area contributed by atoms with Crippen LogP contribution in [-0.4, -0.2) is 27.6 Å². The Labute approximate surface area is 149 Å². The van der Waals surface area contributed by atoms with Crippen molar-refractivity contribution in [1.82, 2.24) is 14.6 Å². The maximum atomic E-state index is 14.5. The highest BCUT2D eigenvalue weighted by Crippen LogP contribution is 2.36. The zero-order valence-electron chi connectivity index (χ0n) is 13.9. The lowest BCUT2D eigenvalue weighted by molar-refractivity contribution is -0.105. The summed E-state index contributed by atoms with van der Waals surface area (Å²) in [5.41, 5.74) is 2.22. The number of anilines is 2. The van der Waals surface area contributed by atoms with Crippen LogP contribution in [0.5, 0.6) is 0 Å². The summed E-state index contributed by atoms with van der Waals surface area (Å²) in [6.45, 7) is 0.773. The molecule has 0 aliphatic carbocycles. The third-order valence-electron chi connectivity index (χ3n) is 4.64. The number of halogens is 1. The largest absolute Gasteiger partial charge is 0.349 e. The average Bonchev–Trinajstić information content (AvgIpc) is 3.29. The molecule has 0 radical (unpaired) electrons. The molecule has 4 rings (SSSR count). The van der Waals surface area contributed by atoms with Gasteiger partial charge in [0.2, 0.25) is 6.41 Å². The van der Waals surface area contributed by atoms with Gasteiger partial charge < -0.3 is 10.2 Å². The van der Waals surface area contributed by atoms with Crippen LogP contribution in [0.2, 0.25) is 0 Å². The highest BCUT2D eigenvalue weighted by atomic mass is 19.1. The Morgan fingerprint density at radius 2 is 2.27 bits per heavy atom. The summed E-state index contributed by atoms with van der Waals surface area (Å²) in [5.74, 6) is 2.87. The highest BCUT2D eigenvalue weighted by molar-refractivity contribution is 5.80. The molecule has 0 spiro atoms. The number of amides is 1.